The first-order chi connectivity index (χ1) is 13.0. The van der Waals surface area contributed by atoms with Gasteiger partial charge in [0, 0.05) is 12.6 Å². The number of rotatable bonds is 8. The largest absolute Gasteiger partial charge is 0.495 e. The van der Waals surface area contributed by atoms with Crippen LogP contribution in [0.2, 0.25) is 0 Å². The summed E-state index contributed by atoms with van der Waals surface area (Å²) in [6.07, 6.45) is 0. The molecule has 0 bridgehead atoms. The van der Waals surface area contributed by atoms with Crippen LogP contribution in [0.25, 0.3) is 0 Å². The fourth-order valence-electron chi connectivity index (χ4n) is 2.12. The Bertz CT molecular complexity index is 807. The van der Waals surface area contributed by atoms with Crippen LogP contribution in [-0.2, 0) is 19.1 Å². The Morgan fingerprint density at radius 2 is 1.70 bits per heavy atom. The molecule has 2 aromatic carbocycles. The van der Waals surface area contributed by atoms with Gasteiger partial charge in [-0.2, -0.15) is 0 Å². The Labute approximate surface area is 156 Å². The topological polar surface area (TPSA) is 103 Å². The van der Waals surface area contributed by atoms with E-state index in [1.165, 1.54) is 14.0 Å². The number of ether oxygens (including phenoxy) is 3. The highest BCUT2D eigenvalue weighted by molar-refractivity contribution is 5.96. The molecule has 2 aromatic rings. The van der Waals surface area contributed by atoms with Gasteiger partial charge in [-0.1, -0.05) is 18.2 Å². The van der Waals surface area contributed by atoms with Crippen LogP contribution in [-0.4, -0.2) is 38.1 Å². The van der Waals surface area contributed by atoms with E-state index in [1.54, 1.807) is 42.5 Å². The van der Waals surface area contributed by atoms with Crippen LogP contribution in [0.5, 0.6) is 11.5 Å². The number of methoxy groups -OCH3 is 1. The van der Waals surface area contributed by atoms with Gasteiger partial charge in [0.05, 0.1) is 12.8 Å². The first kappa shape index (κ1) is 19.8. The molecule has 27 heavy (non-hydrogen) atoms. The first-order valence-corrected chi connectivity index (χ1v) is 8.07. The van der Waals surface area contributed by atoms with Gasteiger partial charge in [-0.05, 0) is 30.3 Å². The fraction of sp³-hybridized carbons (Fsp3) is 0.211. The SMILES string of the molecule is COc1ccc(NC(C)=O)cc1NC(=O)COC(=O)COc1ccccc1. The van der Waals surface area contributed by atoms with Crippen LogP contribution in [0.15, 0.2) is 48.5 Å². The summed E-state index contributed by atoms with van der Waals surface area (Å²) in [5, 5.41) is 5.18. The zero-order chi connectivity index (χ0) is 19.6. The molecule has 0 atom stereocenters. The molecule has 8 heteroatoms. The number of hydrogen-bond donors (Lipinski definition) is 2. The Balaban J connectivity index is 1.85. The third-order valence-electron chi connectivity index (χ3n) is 3.26. The number of hydrogen-bond acceptors (Lipinski definition) is 6. The van der Waals surface area contributed by atoms with Gasteiger partial charge in [0.2, 0.25) is 5.91 Å². The van der Waals surface area contributed by atoms with Gasteiger partial charge in [-0.25, -0.2) is 4.79 Å². The normalized spacial score (nSPS) is 9.85. The van der Waals surface area contributed by atoms with Gasteiger partial charge >= 0.3 is 5.97 Å². The average molecular weight is 372 g/mol. The Hall–Kier alpha value is -3.55. The van der Waals surface area contributed by atoms with E-state index in [0.29, 0.717) is 22.9 Å². The van der Waals surface area contributed by atoms with Gasteiger partial charge in [0.25, 0.3) is 5.91 Å². The summed E-state index contributed by atoms with van der Waals surface area (Å²) in [7, 11) is 1.45. The lowest BCUT2D eigenvalue weighted by Crippen LogP contribution is -2.24. The molecule has 0 unspecified atom stereocenters. The number of para-hydroxylation sites is 1. The van der Waals surface area contributed by atoms with Crippen molar-refractivity contribution in [3.8, 4) is 11.5 Å². The van der Waals surface area contributed by atoms with E-state index in [9.17, 15) is 14.4 Å². The molecule has 0 spiro atoms. The molecule has 0 saturated carbocycles. The average Bonchev–Trinajstić information content (AvgIpc) is 2.65. The maximum atomic E-state index is 12.0. The van der Waals surface area contributed by atoms with Crippen LogP contribution in [0.1, 0.15) is 6.92 Å². The second-order valence-electron chi connectivity index (χ2n) is 5.41. The summed E-state index contributed by atoms with van der Waals surface area (Å²) in [6, 6.07) is 13.6. The molecule has 142 valence electrons. The Morgan fingerprint density at radius 1 is 0.963 bits per heavy atom. The Morgan fingerprint density at radius 3 is 2.37 bits per heavy atom. The highest BCUT2D eigenvalue weighted by atomic mass is 16.6. The van der Waals surface area contributed by atoms with Crippen molar-refractivity contribution in [1.82, 2.24) is 0 Å². The predicted molar refractivity (Wildman–Crippen MR) is 98.8 cm³/mol. The van der Waals surface area contributed by atoms with Gasteiger partial charge in [0.1, 0.15) is 11.5 Å². The van der Waals surface area contributed by atoms with Crippen molar-refractivity contribution in [2.75, 3.05) is 31.0 Å². The summed E-state index contributed by atoms with van der Waals surface area (Å²) in [6.45, 7) is 0.586. The second kappa shape index (κ2) is 9.81. The molecule has 0 radical (unpaired) electrons. The van der Waals surface area contributed by atoms with Gasteiger partial charge in [-0.15, -0.1) is 0 Å². The first-order valence-electron chi connectivity index (χ1n) is 8.07. The van der Waals surface area contributed by atoms with E-state index in [4.69, 9.17) is 14.2 Å². The molecule has 0 fully saturated rings. The molecule has 0 aliphatic carbocycles. The van der Waals surface area contributed by atoms with Crippen LogP contribution in [0, 0.1) is 0 Å². The summed E-state index contributed by atoms with van der Waals surface area (Å²) in [4.78, 5) is 34.8. The van der Waals surface area contributed by atoms with Gasteiger partial charge < -0.3 is 24.8 Å². The van der Waals surface area contributed by atoms with Crippen molar-refractivity contribution >= 4 is 29.2 Å². The standard InChI is InChI=1S/C19H20N2O6/c1-13(22)20-14-8-9-17(25-2)16(10-14)21-18(23)11-27-19(24)12-26-15-6-4-3-5-7-15/h3-10H,11-12H2,1-2H3,(H,20,22)(H,21,23). The zero-order valence-electron chi connectivity index (χ0n) is 15.0. The van der Waals surface area contributed by atoms with Crippen LogP contribution in [0.3, 0.4) is 0 Å². The molecular weight excluding hydrogens is 352 g/mol. The molecule has 0 heterocycles. The minimum atomic E-state index is -0.673. The maximum Gasteiger partial charge on any atom is 0.344 e. The minimum absolute atomic E-state index is 0.246. The lowest BCUT2D eigenvalue weighted by Gasteiger charge is -2.12. The third kappa shape index (κ3) is 6.69. The molecule has 2 rings (SSSR count). The van der Waals surface area contributed by atoms with Crippen molar-refractivity contribution in [3.63, 3.8) is 0 Å². The number of benzene rings is 2. The van der Waals surface area contributed by atoms with Crippen molar-refractivity contribution in [3.05, 3.63) is 48.5 Å². The fourth-order valence-corrected chi connectivity index (χ4v) is 2.12. The van der Waals surface area contributed by atoms with Crippen molar-refractivity contribution < 1.29 is 28.6 Å². The quantitative estimate of drug-likeness (QED) is 0.689. The number of carbonyl (C=O) groups excluding carboxylic acids is 3. The Kier molecular flexibility index (Phi) is 7.18. The molecule has 2 amide bonds. The number of nitrogens with one attached hydrogen (secondary N) is 2. The molecule has 0 aliphatic rings. The lowest BCUT2D eigenvalue weighted by atomic mass is 10.2. The molecule has 0 aliphatic heterocycles. The highest BCUT2D eigenvalue weighted by Gasteiger charge is 2.12. The zero-order valence-corrected chi connectivity index (χ0v) is 15.0. The smallest absolute Gasteiger partial charge is 0.344 e. The minimum Gasteiger partial charge on any atom is -0.495 e. The summed E-state index contributed by atoms with van der Waals surface area (Å²) >= 11 is 0. The maximum absolute atomic E-state index is 12.0. The van der Waals surface area contributed by atoms with Crippen LogP contribution < -0.4 is 20.1 Å². The molecule has 0 aromatic heterocycles. The van der Waals surface area contributed by atoms with Crippen LogP contribution >= 0.6 is 0 Å². The number of carbonyl (C=O) groups is 3. The number of amides is 2. The number of esters is 1. The van der Waals surface area contributed by atoms with Crippen LogP contribution in [0.4, 0.5) is 11.4 Å². The number of anilines is 2. The van der Waals surface area contributed by atoms with E-state index in [-0.39, 0.29) is 12.5 Å². The summed E-state index contributed by atoms with van der Waals surface area (Å²) < 4.78 is 15.3. The van der Waals surface area contributed by atoms with Gasteiger partial charge in [0.15, 0.2) is 13.2 Å². The van der Waals surface area contributed by atoms with Crippen molar-refractivity contribution in [2.45, 2.75) is 6.92 Å². The molecule has 2 N–H and O–H groups in total. The predicted octanol–water partition coefficient (Wildman–Crippen LogP) is 2.21. The summed E-state index contributed by atoms with van der Waals surface area (Å²) in [5.41, 5.74) is 0.831. The van der Waals surface area contributed by atoms with Gasteiger partial charge in [-0.3, -0.25) is 9.59 Å². The van der Waals surface area contributed by atoms with E-state index in [2.05, 4.69) is 10.6 Å². The molecule has 8 nitrogen and oxygen atoms in total. The van der Waals surface area contributed by atoms with E-state index >= 15 is 0 Å². The lowest BCUT2D eigenvalue weighted by molar-refractivity contribution is -0.149. The monoisotopic (exact) mass is 372 g/mol. The highest BCUT2D eigenvalue weighted by Crippen LogP contribution is 2.27. The molecular formula is C19H20N2O6. The van der Waals surface area contributed by atoms with E-state index in [0.717, 1.165) is 0 Å². The second-order valence-corrected chi connectivity index (χ2v) is 5.41. The van der Waals surface area contributed by atoms with Crippen molar-refractivity contribution in [2.24, 2.45) is 0 Å². The third-order valence-corrected chi connectivity index (χ3v) is 3.26. The van der Waals surface area contributed by atoms with E-state index < -0.39 is 18.5 Å². The summed E-state index contributed by atoms with van der Waals surface area (Å²) in [5.74, 6) is -0.547. The van der Waals surface area contributed by atoms with Crippen molar-refractivity contribution in [1.29, 1.82) is 0 Å². The van der Waals surface area contributed by atoms with E-state index in [1.807, 2.05) is 6.07 Å². The molecule has 0 saturated heterocycles.